The average molecular weight is 591 g/mol. The molecule has 0 saturated carbocycles. The topological polar surface area (TPSA) is 119 Å². The molecule has 0 aliphatic carbocycles. The second kappa shape index (κ2) is 10.7. The van der Waals surface area contributed by atoms with Gasteiger partial charge in [-0.2, -0.15) is 9.97 Å². The van der Waals surface area contributed by atoms with Gasteiger partial charge in [-0.05, 0) is 63.6 Å². The fourth-order valence-corrected chi connectivity index (χ4v) is 7.05. The van der Waals surface area contributed by atoms with E-state index < -0.39 is 10.0 Å². The Morgan fingerprint density at radius 1 is 1.05 bits per heavy atom. The number of aromatic amines is 1. The standard InChI is InChI=1S/C30H38N8O3S/c1-18-14-24(26(41-5)15-25(18)37-16-19(2)36(4)20(3)17-37)33-30-34-28-22(10-12-31-28)29(35-30)32-23-9-7-8-21-11-13-38(27(21)23)42(6,39)40/h7-10,12,14-15,19-20H,11,13,16-17H2,1-6H3,(H3,31,32,33,34,35)/t19-,20+. The van der Waals surface area contributed by atoms with Gasteiger partial charge >= 0.3 is 0 Å². The summed E-state index contributed by atoms with van der Waals surface area (Å²) in [6.45, 7) is 8.93. The molecule has 0 unspecified atom stereocenters. The largest absolute Gasteiger partial charge is 0.494 e. The fraction of sp³-hybridized carbons (Fsp3) is 0.400. The Morgan fingerprint density at radius 3 is 2.52 bits per heavy atom. The van der Waals surface area contributed by atoms with Gasteiger partial charge < -0.3 is 25.3 Å². The number of anilines is 6. The molecule has 4 aromatic rings. The number of ether oxygens (including phenoxy) is 1. The quantitative estimate of drug-likeness (QED) is 0.283. The zero-order valence-electron chi connectivity index (χ0n) is 24.9. The van der Waals surface area contributed by atoms with Crippen molar-refractivity contribution in [1.29, 1.82) is 0 Å². The first-order chi connectivity index (χ1) is 20.0. The highest BCUT2D eigenvalue weighted by atomic mass is 32.2. The Balaban J connectivity index is 1.34. The zero-order valence-corrected chi connectivity index (χ0v) is 25.7. The van der Waals surface area contributed by atoms with Crippen LogP contribution in [0.3, 0.4) is 0 Å². The number of para-hydroxylation sites is 1. The van der Waals surface area contributed by atoms with Crippen LogP contribution < -0.4 is 24.6 Å². The molecule has 2 aromatic carbocycles. The molecule has 1 saturated heterocycles. The Morgan fingerprint density at radius 2 is 1.81 bits per heavy atom. The van der Waals surface area contributed by atoms with Crippen LogP contribution in [0.1, 0.15) is 25.0 Å². The predicted octanol–water partition coefficient (Wildman–Crippen LogP) is 4.61. The first kappa shape index (κ1) is 28.1. The molecule has 3 N–H and O–H groups in total. The minimum absolute atomic E-state index is 0.382. The number of nitrogens with zero attached hydrogens (tertiary/aromatic N) is 5. The summed E-state index contributed by atoms with van der Waals surface area (Å²) >= 11 is 0. The molecule has 1 fully saturated rings. The number of sulfonamides is 1. The van der Waals surface area contributed by atoms with Crippen LogP contribution in [0.5, 0.6) is 5.75 Å². The molecule has 2 atom stereocenters. The molecule has 12 heteroatoms. The molecule has 2 aromatic heterocycles. The fourth-order valence-electron chi connectivity index (χ4n) is 6.08. The smallest absolute Gasteiger partial charge is 0.232 e. The number of likely N-dealkylation sites (N-methyl/N-ethyl adjacent to an activating group) is 1. The van der Waals surface area contributed by atoms with Crippen LogP contribution in [-0.4, -0.2) is 80.4 Å². The number of fused-ring (bicyclic) bond motifs is 2. The highest BCUT2D eigenvalue weighted by Crippen LogP contribution is 2.40. The van der Waals surface area contributed by atoms with Crippen molar-refractivity contribution >= 4 is 55.6 Å². The number of benzene rings is 2. The summed E-state index contributed by atoms with van der Waals surface area (Å²) in [5.74, 6) is 1.64. The van der Waals surface area contributed by atoms with Gasteiger partial charge in [0.05, 0.1) is 35.8 Å². The summed E-state index contributed by atoms with van der Waals surface area (Å²) in [5.41, 5.74) is 6.01. The van der Waals surface area contributed by atoms with Crippen LogP contribution in [0.4, 0.5) is 34.5 Å². The average Bonchev–Trinajstić information content (AvgIpc) is 3.60. The molecule has 222 valence electrons. The molecule has 0 bridgehead atoms. The van der Waals surface area contributed by atoms with Crippen molar-refractivity contribution in [3.8, 4) is 5.75 Å². The van der Waals surface area contributed by atoms with Crippen LogP contribution in [0.25, 0.3) is 11.0 Å². The highest BCUT2D eigenvalue weighted by molar-refractivity contribution is 7.92. The van der Waals surface area contributed by atoms with E-state index in [-0.39, 0.29) is 0 Å². The van der Waals surface area contributed by atoms with Crippen molar-refractivity contribution in [3.05, 3.63) is 53.7 Å². The summed E-state index contributed by atoms with van der Waals surface area (Å²) in [6, 6.07) is 12.7. The van der Waals surface area contributed by atoms with E-state index in [0.717, 1.165) is 41.0 Å². The van der Waals surface area contributed by atoms with Crippen molar-refractivity contribution in [2.75, 3.05) is 59.9 Å². The number of hydrogen-bond acceptors (Lipinski definition) is 9. The predicted molar refractivity (Wildman–Crippen MR) is 169 cm³/mol. The van der Waals surface area contributed by atoms with E-state index >= 15 is 0 Å². The lowest BCUT2D eigenvalue weighted by Gasteiger charge is -2.44. The van der Waals surface area contributed by atoms with Crippen molar-refractivity contribution in [1.82, 2.24) is 19.9 Å². The Bertz CT molecular complexity index is 1740. The number of methoxy groups -OCH3 is 1. The summed E-state index contributed by atoms with van der Waals surface area (Å²) in [5, 5.41) is 7.57. The van der Waals surface area contributed by atoms with Crippen molar-refractivity contribution in [2.24, 2.45) is 0 Å². The maximum atomic E-state index is 12.5. The summed E-state index contributed by atoms with van der Waals surface area (Å²) < 4.78 is 32.3. The second-order valence-corrected chi connectivity index (χ2v) is 13.3. The van der Waals surface area contributed by atoms with E-state index in [2.05, 4.69) is 65.4 Å². The van der Waals surface area contributed by atoms with Crippen molar-refractivity contribution in [2.45, 2.75) is 39.3 Å². The first-order valence-electron chi connectivity index (χ1n) is 14.2. The van der Waals surface area contributed by atoms with Crippen molar-refractivity contribution in [3.63, 3.8) is 0 Å². The van der Waals surface area contributed by atoms with E-state index in [1.165, 1.54) is 10.6 Å². The van der Waals surface area contributed by atoms with E-state index in [9.17, 15) is 8.42 Å². The van der Waals surface area contributed by atoms with Crippen LogP contribution in [0.2, 0.25) is 0 Å². The third kappa shape index (κ3) is 5.09. The SMILES string of the molecule is COc1cc(N2C[C@@H](C)N(C)[C@@H](C)C2)c(C)cc1Nc1nc(Nc2cccc3c2N(S(C)(=O)=O)CC3)c2cc[nH]c2n1. The van der Waals surface area contributed by atoms with Crippen LogP contribution >= 0.6 is 0 Å². The Hall–Kier alpha value is -4.03. The molecule has 2 aliphatic heterocycles. The number of H-pyrrole nitrogens is 1. The van der Waals surface area contributed by atoms with Gasteiger partial charge in [0, 0.05) is 49.7 Å². The normalized spacial score (nSPS) is 19.3. The van der Waals surface area contributed by atoms with E-state index in [4.69, 9.17) is 14.7 Å². The van der Waals surface area contributed by atoms with Gasteiger partial charge in [-0.3, -0.25) is 9.21 Å². The lowest BCUT2D eigenvalue weighted by molar-refractivity contribution is 0.170. The molecule has 0 amide bonds. The number of rotatable bonds is 7. The summed E-state index contributed by atoms with van der Waals surface area (Å²) in [4.78, 5) is 17.6. The van der Waals surface area contributed by atoms with E-state index in [1.807, 2.05) is 30.5 Å². The molecule has 4 heterocycles. The van der Waals surface area contributed by atoms with Crippen LogP contribution in [0.15, 0.2) is 42.6 Å². The molecule has 42 heavy (non-hydrogen) atoms. The minimum atomic E-state index is -3.42. The van der Waals surface area contributed by atoms with E-state index in [0.29, 0.717) is 59.6 Å². The minimum Gasteiger partial charge on any atom is -0.494 e. The van der Waals surface area contributed by atoms with Crippen LogP contribution in [0, 0.1) is 6.92 Å². The molecule has 0 radical (unpaired) electrons. The van der Waals surface area contributed by atoms with Gasteiger partial charge in [0.25, 0.3) is 0 Å². The van der Waals surface area contributed by atoms with Crippen molar-refractivity contribution < 1.29 is 13.2 Å². The van der Waals surface area contributed by atoms with Gasteiger partial charge in [-0.25, -0.2) is 8.42 Å². The number of aromatic nitrogens is 3. The van der Waals surface area contributed by atoms with E-state index in [1.54, 1.807) is 7.11 Å². The zero-order chi connectivity index (χ0) is 29.8. The number of aryl methyl sites for hydroxylation is 1. The molecular formula is C30H38N8O3S. The highest BCUT2D eigenvalue weighted by Gasteiger charge is 2.30. The first-order valence-corrected chi connectivity index (χ1v) is 16.0. The second-order valence-electron chi connectivity index (χ2n) is 11.4. The van der Waals surface area contributed by atoms with Gasteiger partial charge in [-0.15, -0.1) is 0 Å². The Kier molecular flexibility index (Phi) is 7.14. The monoisotopic (exact) mass is 590 g/mol. The number of nitrogens with one attached hydrogen (secondary N) is 3. The third-order valence-electron chi connectivity index (χ3n) is 8.49. The lowest BCUT2D eigenvalue weighted by Crippen LogP contribution is -2.55. The van der Waals surface area contributed by atoms with Gasteiger partial charge in [0.1, 0.15) is 17.2 Å². The molecule has 0 spiro atoms. The van der Waals surface area contributed by atoms with Gasteiger partial charge in [0.2, 0.25) is 16.0 Å². The maximum absolute atomic E-state index is 12.5. The molecule has 11 nitrogen and oxygen atoms in total. The third-order valence-corrected chi connectivity index (χ3v) is 9.65. The molecule has 6 rings (SSSR count). The van der Waals surface area contributed by atoms with Gasteiger partial charge in [-0.1, -0.05) is 12.1 Å². The van der Waals surface area contributed by atoms with Crippen LogP contribution in [-0.2, 0) is 16.4 Å². The number of hydrogen-bond donors (Lipinski definition) is 3. The number of piperazine rings is 1. The summed E-state index contributed by atoms with van der Waals surface area (Å²) in [6.07, 6.45) is 3.71. The molecular weight excluding hydrogens is 552 g/mol. The van der Waals surface area contributed by atoms with Gasteiger partial charge in [0.15, 0.2) is 0 Å². The Labute approximate surface area is 246 Å². The maximum Gasteiger partial charge on any atom is 0.232 e. The lowest BCUT2D eigenvalue weighted by atomic mass is 10.1. The summed E-state index contributed by atoms with van der Waals surface area (Å²) in [7, 11) is 0.430. The molecule has 2 aliphatic rings.